The molecule has 2 aliphatic heterocycles. The summed E-state index contributed by atoms with van der Waals surface area (Å²) < 4.78 is 0. The first-order valence-corrected chi connectivity index (χ1v) is 6.77. The molecule has 0 aromatic rings. The molecule has 0 spiro atoms. The van der Waals surface area contributed by atoms with Gasteiger partial charge >= 0.3 is 0 Å². The number of hydrogen-bond acceptors (Lipinski definition) is 2. The minimum absolute atomic E-state index is 0.888. The molecule has 2 heteroatoms. The zero-order valence-corrected chi connectivity index (χ0v) is 9.99. The maximum atomic E-state index is 2.79. The van der Waals surface area contributed by atoms with Crippen LogP contribution in [-0.4, -0.2) is 48.6 Å². The molecule has 0 amide bonds. The maximum absolute atomic E-state index is 2.79. The Morgan fingerprint density at radius 3 is 2.40 bits per heavy atom. The van der Waals surface area contributed by atoms with Crippen molar-refractivity contribution >= 4 is 0 Å². The van der Waals surface area contributed by atoms with Crippen molar-refractivity contribution in [3.63, 3.8) is 0 Å². The minimum atomic E-state index is 0.888. The van der Waals surface area contributed by atoms with Crippen LogP contribution in [0.25, 0.3) is 0 Å². The second kappa shape index (κ2) is 4.06. The van der Waals surface area contributed by atoms with Crippen LogP contribution in [0, 0.1) is 5.92 Å². The van der Waals surface area contributed by atoms with Gasteiger partial charge in [-0.25, -0.2) is 0 Å². The molecule has 3 aliphatic rings. The summed E-state index contributed by atoms with van der Waals surface area (Å²) in [6.07, 6.45) is 8.93. The summed E-state index contributed by atoms with van der Waals surface area (Å²) in [5.74, 6) is 1.03. The lowest BCUT2D eigenvalue weighted by molar-refractivity contribution is 0.121. The largest absolute Gasteiger partial charge is 0.301 e. The van der Waals surface area contributed by atoms with Gasteiger partial charge in [0, 0.05) is 31.7 Å². The Balaban J connectivity index is 1.52. The normalized spacial score (nSPS) is 39.0. The molecular formula is C13H24N2. The molecule has 3 rings (SSSR count). The third kappa shape index (κ3) is 1.94. The van der Waals surface area contributed by atoms with Crippen LogP contribution in [0.3, 0.4) is 0 Å². The standard InChI is InChI=1S/C13H24N2/c1-14-9-13-7-12(14)10-15(13)8-11-5-3-2-4-6-11/h11-13H,2-10H2,1H3. The predicted octanol–water partition coefficient (Wildman–Crippen LogP) is 1.95. The molecule has 0 aromatic carbocycles. The fraction of sp³-hybridized carbons (Fsp3) is 1.00. The van der Waals surface area contributed by atoms with Gasteiger partial charge in [0.05, 0.1) is 0 Å². The molecule has 0 N–H and O–H groups in total. The zero-order valence-electron chi connectivity index (χ0n) is 9.99. The van der Waals surface area contributed by atoms with Gasteiger partial charge in [0.2, 0.25) is 0 Å². The van der Waals surface area contributed by atoms with E-state index < -0.39 is 0 Å². The average molecular weight is 208 g/mol. The molecule has 2 heterocycles. The Hall–Kier alpha value is -0.0800. The summed E-state index contributed by atoms with van der Waals surface area (Å²) in [7, 11) is 2.29. The van der Waals surface area contributed by atoms with Crippen LogP contribution in [0.15, 0.2) is 0 Å². The number of likely N-dealkylation sites (N-methyl/N-ethyl adjacent to an activating group) is 1. The summed E-state index contributed by atoms with van der Waals surface area (Å²) >= 11 is 0. The van der Waals surface area contributed by atoms with Crippen LogP contribution in [0.2, 0.25) is 0 Å². The zero-order chi connectivity index (χ0) is 10.3. The van der Waals surface area contributed by atoms with Crippen molar-refractivity contribution in [1.29, 1.82) is 0 Å². The second-order valence-electron chi connectivity index (χ2n) is 5.94. The van der Waals surface area contributed by atoms with Crippen LogP contribution in [-0.2, 0) is 0 Å². The SMILES string of the molecule is CN1CC2CC1CN2CC1CCCCC1. The molecular weight excluding hydrogens is 184 g/mol. The van der Waals surface area contributed by atoms with Crippen molar-refractivity contribution in [2.24, 2.45) is 5.92 Å². The lowest BCUT2D eigenvalue weighted by atomic mass is 9.89. The summed E-state index contributed by atoms with van der Waals surface area (Å²) in [6, 6.07) is 1.79. The van der Waals surface area contributed by atoms with E-state index in [0.29, 0.717) is 0 Å². The number of rotatable bonds is 2. The Morgan fingerprint density at radius 2 is 1.80 bits per heavy atom. The van der Waals surface area contributed by atoms with E-state index in [1.54, 1.807) is 0 Å². The van der Waals surface area contributed by atoms with Crippen molar-refractivity contribution in [3.8, 4) is 0 Å². The Kier molecular flexibility index (Phi) is 2.73. The lowest BCUT2D eigenvalue weighted by Gasteiger charge is -2.35. The summed E-state index contributed by atoms with van der Waals surface area (Å²) in [4.78, 5) is 5.35. The second-order valence-corrected chi connectivity index (χ2v) is 5.94. The number of hydrogen-bond donors (Lipinski definition) is 0. The molecule has 2 unspecified atom stereocenters. The van der Waals surface area contributed by atoms with E-state index in [-0.39, 0.29) is 0 Å². The van der Waals surface area contributed by atoms with E-state index in [9.17, 15) is 0 Å². The first-order chi connectivity index (χ1) is 7.33. The highest BCUT2D eigenvalue weighted by molar-refractivity contribution is 4.98. The van der Waals surface area contributed by atoms with Gasteiger partial charge in [0.15, 0.2) is 0 Å². The highest BCUT2D eigenvalue weighted by Gasteiger charge is 2.41. The van der Waals surface area contributed by atoms with Gasteiger partial charge in [-0.2, -0.15) is 0 Å². The van der Waals surface area contributed by atoms with Crippen LogP contribution >= 0.6 is 0 Å². The molecule has 2 saturated heterocycles. The van der Waals surface area contributed by atoms with E-state index in [1.165, 1.54) is 58.2 Å². The molecule has 2 bridgehead atoms. The molecule has 0 radical (unpaired) electrons. The smallest absolute Gasteiger partial charge is 0.0239 e. The average Bonchev–Trinajstić information content (AvgIpc) is 2.78. The number of likely N-dealkylation sites (tertiary alicyclic amines) is 2. The molecule has 2 atom stereocenters. The minimum Gasteiger partial charge on any atom is -0.301 e. The van der Waals surface area contributed by atoms with Gasteiger partial charge in [-0.1, -0.05) is 19.3 Å². The third-order valence-electron chi connectivity index (χ3n) is 4.85. The first-order valence-electron chi connectivity index (χ1n) is 6.77. The fourth-order valence-electron chi connectivity index (χ4n) is 3.87. The van der Waals surface area contributed by atoms with Gasteiger partial charge in [0.1, 0.15) is 0 Å². The van der Waals surface area contributed by atoms with Crippen LogP contribution in [0.4, 0.5) is 0 Å². The quantitative estimate of drug-likeness (QED) is 0.684. The molecule has 3 fully saturated rings. The van der Waals surface area contributed by atoms with Gasteiger partial charge in [0.25, 0.3) is 0 Å². The number of fused-ring (bicyclic) bond motifs is 2. The fourth-order valence-corrected chi connectivity index (χ4v) is 3.87. The highest BCUT2D eigenvalue weighted by atomic mass is 15.3. The van der Waals surface area contributed by atoms with Crippen molar-refractivity contribution in [2.75, 3.05) is 26.7 Å². The molecule has 2 nitrogen and oxygen atoms in total. The molecule has 86 valence electrons. The van der Waals surface area contributed by atoms with Crippen molar-refractivity contribution in [3.05, 3.63) is 0 Å². The van der Waals surface area contributed by atoms with Crippen LogP contribution < -0.4 is 0 Å². The monoisotopic (exact) mass is 208 g/mol. The van der Waals surface area contributed by atoms with E-state index in [0.717, 1.165) is 18.0 Å². The van der Waals surface area contributed by atoms with E-state index in [4.69, 9.17) is 0 Å². The number of piperazine rings is 1. The van der Waals surface area contributed by atoms with Crippen LogP contribution in [0.5, 0.6) is 0 Å². The first kappa shape index (κ1) is 10.1. The van der Waals surface area contributed by atoms with Gasteiger partial charge in [-0.3, -0.25) is 4.90 Å². The van der Waals surface area contributed by atoms with E-state index in [2.05, 4.69) is 16.8 Å². The highest BCUT2D eigenvalue weighted by Crippen LogP contribution is 2.32. The van der Waals surface area contributed by atoms with Crippen LogP contribution in [0.1, 0.15) is 38.5 Å². The summed E-state index contributed by atoms with van der Waals surface area (Å²) in [5.41, 5.74) is 0. The molecule has 0 aromatic heterocycles. The van der Waals surface area contributed by atoms with Crippen molar-refractivity contribution in [2.45, 2.75) is 50.6 Å². The summed E-state index contributed by atoms with van der Waals surface area (Å²) in [6.45, 7) is 4.10. The van der Waals surface area contributed by atoms with Gasteiger partial charge in [-0.05, 0) is 32.2 Å². The Labute approximate surface area is 93.6 Å². The van der Waals surface area contributed by atoms with E-state index >= 15 is 0 Å². The van der Waals surface area contributed by atoms with E-state index in [1.807, 2.05) is 0 Å². The Bertz CT molecular complexity index is 221. The topological polar surface area (TPSA) is 6.48 Å². The lowest BCUT2D eigenvalue weighted by Crippen LogP contribution is -2.46. The summed E-state index contributed by atoms with van der Waals surface area (Å²) in [5, 5.41) is 0. The number of nitrogens with zero attached hydrogens (tertiary/aromatic N) is 2. The molecule has 15 heavy (non-hydrogen) atoms. The third-order valence-corrected chi connectivity index (χ3v) is 4.85. The molecule has 1 saturated carbocycles. The Morgan fingerprint density at radius 1 is 1.00 bits per heavy atom. The predicted molar refractivity (Wildman–Crippen MR) is 63.0 cm³/mol. The van der Waals surface area contributed by atoms with Crippen molar-refractivity contribution < 1.29 is 0 Å². The van der Waals surface area contributed by atoms with Gasteiger partial charge < -0.3 is 4.90 Å². The molecule has 1 aliphatic carbocycles. The van der Waals surface area contributed by atoms with Crippen molar-refractivity contribution in [1.82, 2.24) is 9.80 Å². The maximum Gasteiger partial charge on any atom is 0.0239 e. The van der Waals surface area contributed by atoms with Gasteiger partial charge in [-0.15, -0.1) is 0 Å².